The maximum atomic E-state index is 7.44. The number of rotatable bonds is 8. The Morgan fingerprint density at radius 2 is 0.734 bits per heavy atom. The third-order valence-electron chi connectivity index (χ3n) is 12.6. The van der Waals surface area contributed by atoms with Crippen LogP contribution in [0.15, 0.2) is 253 Å². The fourth-order valence-electron chi connectivity index (χ4n) is 9.49. The molecule has 1 aromatic heterocycles. The molecule has 0 atom stereocenters. The third-order valence-corrected chi connectivity index (χ3v) is 12.6. The molecule has 0 aliphatic heterocycles. The fraction of sp³-hybridized carbons (Fsp3) is 0. The molecule has 2 nitrogen and oxygen atoms in total. The molecule has 0 unspecified atom stereocenters. The number of nitrogens with zero attached hydrogens (tertiary/aromatic N) is 1. The van der Waals surface area contributed by atoms with Crippen LogP contribution in [0.5, 0.6) is 0 Å². The minimum Gasteiger partial charge on any atom is -0.453 e. The topological polar surface area (TPSA) is 16.4 Å². The van der Waals surface area contributed by atoms with E-state index in [1.165, 1.54) is 27.5 Å². The molecule has 2 heteroatoms. The molecule has 0 fully saturated rings. The first-order valence-electron chi connectivity index (χ1n) is 21.9. The van der Waals surface area contributed by atoms with E-state index in [9.17, 15) is 0 Å². The van der Waals surface area contributed by atoms with Gasteiger partial charge in [0, 0.05) is 33.1 Å². The molecular weight excluding hydrogens is 775 g/mol. The molecule has 0 radical (unpaired) electrons. The molecule has 0 spiro atoms. The first-order valence-corrected chi connectivity index (χ1v) is 21.9. The van der Waals surface area contributed by atoms with E-state index >= 15 is 0 Å². The van der Waals surface area contributed by atoms with Crippen molar-refractivity contribution in [2.24, 2.45) is 0 Å². The van der Waals surface area contributed by atoms with Gasteiger partial charge < -0.3 is 9.32 Å². The molecule has 300 valence electrons. The summed E-state index contributed by atoms with van der Waals surface area (Å²) in [4.78, 5) is 2.42. The van der Waals surface area contributed by atoms with Crippen molar-refractivity contribution >= 4 is 60.5 Å². The summed E-state index contributed by atoms with van der Waals surface area (Å²) >= 11 is 0. The summed E-state index contributed by atoms with van der Waals surface area (Å²) in [7, 11) is 0. The van der Waals surface area contributed by atoms with E-state index in [1.54, 1.807) is 0 Å². The monoisotopic (exact) mass is 815 g/mol. The normalized spacial score (nSPS) is 11.4. The second-order valence-corrected chi connectivity index (χ2v) is 16.5. The summed E-state index contributed by atoms with van der Waals surface area (Å²) in [5.74, 6) is 0. The molecule has 64 heavy (non-hydrogen) atoms. The fourth-order valence-corrected chi connectivity index (χ4v) is 9.49. The maximum absolute atomic E-state index is 7.44. The van der Waals surface area contributed by atoms with Gasteiger partial charge in [-0.05, 0) is 121 Å². The Kier molecular flexibility index (Phi) is 9.20. The van der Waals surface area contributed by atoms with Crippen LogP contribution in [-0.4, -0.2) is 0 Å². The number of benzene rings is 11. The Bertz CT molecular complexity index is 3570. The zero-order chi connectivity index (χ0) is 42.4. The zero-order valence-electron chi connectivity index (χ0n) is 35.0. The summed E-state index contributed by atoms with van der Waals surface area (Å²) in [5.41, 5.74) is 16.2. The van der Waals surface area contributed by atoms with Gasteiger partial charge in [-0.3, -0.25) is 0 Å². The quantitative estimate of drug-likeness (QED) is 0.152. The van der Waals surface area contributed by atoms with E-state index < -0.39 is 0 Å². The molecule has 0 bridgehead atoms. The summed E-state index contributed by atoms with van der Waals surface area (Å²) in [6.07, 6.45) is 0. The second kappa shape index (κ2) is 15.8. The van der Waals surface area contributed by atoms with E-state index in [1.807, 2.05) is 0 Å². The van der Waals surface area contributed by atoms with Crippen LogP contribution in [0.4, 0.5) is 17.1 Å². The molecule has 11 aromatic carbocycles. The Labute approximate surface area is 372 Å². The summed E-state index contributed by atoms with van der Waals surface area (Å²) in [6.45, 7) is 0. The smallest absolute Gasteiger partial charge is 0.160 e. The lowest BCUT2D eigenvalue weighted by atomic mass is 9.91. The van der Waals surface area contributed by atoms with Crippen molar-refractivity contribution in [2.45, 2.75) is 0 Å². The predicted octanol–water partition coefficient (Wildman–Crippen LogP) is 17.7. The van der Waals surface area contributed by atoms with Crippen molar-refractivity contribution in [3.8, 4) is 55.6 Å². The van der Waals surface area contributed by atoms with Gasteiger partial charge in [0.25, 0.3) is 0 Å². The van der Waals surface area contributed by atoms with E-state index in [0.717, 1.165) is 88.7 Å². The second-order valence-electron chi connectivity index (χ2n) is 16.5. The SMILES string of the molecule is c1ccc(-c2ccc(N(c3ccc4ccccc4c3)c3c(-c4cc(-c5ccccc5)cc(-c5ccccc5)c4)ccc4c3oc3c5ccccc5c(-c5ccccc5)cc43)cc2)cc1. The molecule has 1 heterocycles. The van der Waals surface area contributed by atoms with Crippen molar-refractivity contribution in [3.63, 3.8) is 0 Å². The van der Waals surface area contributed by atoms with Gasteiger partial charge in [-0.15, -0.1) is 0 Å². The zero-order valence-corrected chi connectivity index (χ0v) is 35.0. The van der Waals surface area contributed by atoms with Crippen LogP contribution < -0.4 is 4.90 Å². The standard InChI is InChI=1S/C62H41NO/c1-5-17-42(18-6-1)46-29-32-52(33-30-46)63(53-34-31-45-23-13-14-26-48(45)40-53)60-54(51-38-49(43-19-7-2-8-20-43)37-50(39-51)44-21-9-3-10-22-44)35-36-57-59-41-58(47-24-11-4-12-25-47)55-27-15-16-28-56(55)61(59)64-62(57)60/h1-41H. The van der Waals surface area contributed by atoms with E-state index in [4.69, 9.17) is 4.42 Å². The van der Waals surface area contributed by atoms with Crippen molar-refractivity contribution in [1.29, 1.82) is 0 Å². The summed E-state index contributed by atoms with van der Waals surface area (Å²) in [6, 6.07) is 89.7. The Morgan fingerprint density at radius 3 is 1.38 bits per heavy atom. The number of hydrogen-bond acceptors (Lipinski definition) is 2. The maximum Gasteiger partial charge on any atom is 0.160 e. The van der Waals surface area contributed by atoms with Crippen LogP contribution >= 0.6 is 0 Å². The van der Waals surface area contributed by atoms with Crippen LogP contribution in [0.2, 0.25) is 0 Å². The Balaban J connectivity index is 1.20. The molecule has 12 rings (SSSR count). The van der Waals surface area contributed by atoms with E-state index in [-0.39, 0.29) is 0 Å². The van der Waals surface area contributed by atoms with Gasteiger partial charge in [0.2, 0.25) is 0 Å². The predicted molar refractivity (Wildman–Crippen MR) is 271 cm³/mol. The van der Waals surface area contributed by atoms with Gasteiger partial charge in [0.05, 0.1) is 5.69 Å². The van der Waals surface area contributed by atoms with Crippen molar-refractivity contribution in [2.75, 3.05) is 4.90 Å². The highest BCUT2D eigenvalue weighted by Crippen LogP contribution is 2.50. The minimum atomic E-state index is 0.828. The lowest BCUT2D eigenvalue weighted by Gasteiger charge is -2.29. The van der Waals surface area contributed by atoms with Crippen molar-refractivity contribution in [1.82, 2.24) is 0 Å². The van der Waals surface area contributed by atoms with Crippen LogP contribution in [0.1, 0.15) is 0 Å². The average molecular weight is 816 g/mol. The number of fused-ring (bicyclic) bond motifs is 6. The van der Waals surface area contributed by atoms with Gasteiger partial charge in [-0.2, -0.15) is 0 Å². The molecule has 0 aliphatic rings. The van der Waals surface area contributed by atoms with Crippen LogP contribution in [0.3, 0.4) is 0 Å². The van der Waals surface area contributed by atoms with Gasteiger partial charge in [-0.25, -0.2) is 0 Å². The molecule has 0 aliphatic carbocycles. The number of anilines is 3. The highest BCUT2D eigenvalue weighted by molar-refractivity contribution is 6.22. The minimum absolute atomic E-state index is 0.828. The van der Waals surface area contributed by atoms with Gasteiger partial charge in [0.15, 0.2) is 5.58 Å². The molecule has 12 aromatic rings. The Morgan fingerprint density at radius 1 is 0.250 bits per heavy atom. The molecule has 0 amide bonds. The van der Waals surface area contributed by atoms with E-state index in [2.05, 4.69) is 254 Å². The largest absolute Gasteiger partial charge is 0.453 e. The van der Waals surface area contributed by atoms with Crippen molar-refractivity contribution < 1.29 is 4.42 Å². The number of hydrogen-bond donors (Lipinski definition) is 0. The summed E-state index contributed by atoms with van der Waals surface area (Å²) in [5, 5.41) is 6.75. The van der Waals surface area contributed by atoms with Crippen LogP contribution in [-0.2, 0) is 0 Å². The lowest BCUT2D eigenvalue weighted by molar-refractivity contribution is 0.673. The van der Waals surface area contributed by atoms with Gasteiger partial charge in [0.1, 0.15) is 5.58 Å². The Hall–Kier alpha value is -8.46. The van der Waals surface area contributed by atoms with Crippen LogP contribution in [0.25, 0.3) is 99.1 Å². The summed E-state index contributed by atoms with van der Waals surface area (Å²) < 4.78 is 7.44. The van der Waals surface area contributed by atoms with Gasteiger partial charge >= 0.3 is 0 Å². The first kappa shape index (κ1) is 37.3. The molecule has 0 N–H and O–H groups in total. The van der Waals surface area contributed by atoms with Crippen LogP contribution in [0, 0.1) is 0 Å². The van der Waals surface area contributed by atoms with Gasteiger partial charge in [-0.1, -0.05) is 194 Å². The first-order chi connectivity index (χ1) is 31.7. The molecule has 0 saturated heterocycles. The highest BCUT2D eigenvalue weighted by Gasteiger charge is 2.26. The molecular formula is C62H41NO. The van der Waals surface area contributed by atoms with E-state index in [0.29, 0.717) is 0 Å². The average Bonchev–Trinajstić information content (AvgIpc) is 3.76. The lowest BCUT2D eigenvalue weighted by Crippen LogP contribution is -2.12. The number of furan rings is 1. The molecule has 0 saturated carbocycles. The van der Waals surface area contributed by atoms with Crippen molar-refractivity contribution in [3.05, 3.63) is 249 Å². The highest BCUT2D eigenvalue weighted by atomic mass is 16.3. The third kappa shape index (κ3) is 6.61.